The maximum atomic E-state index is 13.3. The highest BCUT2D eigenvalue weighted by Crippen LogP contribution is 2.33. The molecule has 0 atom stereocenters. The molecule has 0 saturated carbocycles. The number of aromatic nitrogens is 5. The molecular formula is C23H18N6O2. The van der Waals surface area contributed by atoms with Crippen LogP contribution in [0.5, 0.6) is 0 Å². The fourth-order valence-electron chi connectivity index (χ4n) is 3.53. The summed E-state index contributed by atoms with van der Waals surface area (Å²) in [5.41, 5.74) is 4.27. The predicted octanol–water partition coefficient (Wildman–Crippen LogP) is 4.25. The number of amides is 1. The highest BCUT2D eigenvalue weighted by atomic mass is 16.5. The number of hydrogen-bond acceptors (Lipinski definition) is 6. The maximum absolute atomic E-state index is 13.3. The molecule has 8 heteroatoms. The molecule has 5 rings (SSSR count). The SMILES string of the molecule is Cc1nn(C)cc1-c1cc(C(=O)Nc2ccccn2)c2c(-c3ccccc3)noc2n1. The van der Waals surface area contributed by atoms with Gasteiger partial charge in [-0.1, -0.05) is 41.6 Å². The van der Waals surface area contributed by atoms with Crippen molar-refractivity contribution in [2.75, 3.05) is 5.32 Å². The highest BCUT2D eigenvalue weighted by molar-refractivity contribution is 6.15. The van der Waals surface area contributed by atoms with Gasteiger partial charge in [-0.2, -0.15) is 5.10 Å². The van der Waals surface area contributed by atoms with Gasteiger partial charge in [0.25, 0.3) is 11.6 Å². The van der Waals surface area contributed by atoms with Crippen LogP contribution >= 0.6 is 0 Å². The second-order valence-corrected chi connectivity index (χ2v) is 7.10. The average Bonchev–Trinajstić information content (AvgIpc) is 3.36. The van der Waals surface area contributed by atoms with E-state index in [2.05, 4.69) is 25.5 Å². The topological polar surface area (TPSA) is 98.7 Å². The summed E-state index contributed by atoms with van der Waals surface area (Å²) < 4.78 is 7.28. The van der Waals surface area contributed by atoms with Crippen LogP contribution in [-0.4, -0.2) is 30.8 Å². The molecule has 0 unspecified atom stereocenters. The first-order chi connectivity index (χ1) is 15.1. The number of pyridine rings is 2. The van der Waals surface area contributed by atoms with Crippen molar-refractivity contribution in [1.82, 2.24) is 24.9 Å². The molecule has 0 radical (unpaired) electrons. The first-order valence-electron chi connectivity index (χ1n) is 9.69. The standard InChI is InChI=1S/C23H18N6O2/c1-14-17(13-29(2)27-14)18-12-16(22(30)26-19-10-6-7-11-24-19)20-21(28-31-23(20)25-18)15-8-4-3-5-9-15/h3-13H,1-2H3,(H,24,26,30). The van der Waals surface area contributed by atoms with E-state index in [-0.39, 0.29) is 11.6 Å². The maximum Gasteiger partial charge on any atom is 0.259 e. The van der Waals surface area contributed by atoms with Crippen LogP contribution in [0.4, 0.5) is 5.82 Å². The van der Waals surface area contributed by atoms with Gasteiger partial charge in [0.1, 0.15) is 11.5 Å². The molecule has 8 nitrogen and oxygen atoms in total. The molecule has 152 valence electrons. The van der Waals surface area contributed by atoms with Crippen molar-refractivity contribution in [1.29, 1.82) is 0 Å². The van der Waals surface area contributed by atoms with E-state index in [0.717, 1.165) is 16.8 Å². The molecule has 0 bridgehead atoms. The summed E-state index contributed by atoms with van der Waals surface area (Å²) >= 11 is 0. The van der Waals surface area contributed by atoms with Gasteiger partial charge in [0, 0.05) is 30.6 Å². The summed E-state index contributed by atoms with van der Waals surface area (Å²) in [4.78, 5) is 22.1. The molecule has 5 aromatic rings. The van der Waals surface area contributed by atoms with Gasteiger partial charge in [-0.3, -0.25) is 9.48 Å². The van der Waals surface area contributed by atoms with Crippen LogP contribution in [0.3, 0.4) is 0 Å². The Kier molecular flexibility index (Phi) is 4.51. The molecule has 4 heterocycles. The summed E-state index contributed by atoms with van der Waals surface area (Å²) in [6.07, 6.45) is 3.48. The van der Waals surface area contributed by atoms with Gasteiger partial charge < -0.3 is 9.84 Å². The van der Waals surface area contributed by atoms with Crippen LogP contribution in [-0.2, 0) is 7.05 Å². The lowest BCUT2D eigenvalue weighted by atomic mass is 10.0. The number of carbonyl (C=O) groups is 1. The van der Waals surface area contributed by atoms with Crippen LogP contribution in [0.25, 0.3) is 33.6 Å². The van der Waals surface area contributed by atoms with Crippen LogP contribution < -0.4 is 5.32 Å². The lowest BCUT2D eigenvalue weighted by Gasteiger charge is -2.08. The van der Waals surface area contributed by atoms with Crippen LogP contribution in [0.15, 0.2) is 71.5 Å². The molecule has 4 aromatic heterocycles. The average molecular weight is 410 g/mol. The predicted molar refractivity (Wildman–Crippen MR) is 116 cm³/mol. The Morgan fingerprint density at radius 2 is 1.90 bits per heavy atom. The fourth-order valence-corrected chi connectivity index (χ4v) is 3.53. The lowest BCUT2D eigenvalue weighted by molar-refractivity contribution is 0.102. The molecule has 0 saturated heterocycles. The van der Waals surface area contributed by atoms with Crippen molar-refractivity contribution >= 4 is 22.8 Å². The smallest absolute Gasteiger partial charge is 0.259 e. The zero-order valence-electron chi connectivity index (χ0n) is 16.9. The van der Waals surface area contributed by atoms with Gasteiger partial charge in [-0.05, 0) is 25.1 Å². The molecule has 0 aliphatic rings. The minimum absolute atomic E-state index is 0.283. The third kappa shape index (κ3) is 3.44. The van der Waals surface area contributed by atoms with Crippen molar-refractivity contribution < 1.29 is 9.32 Å². The van der Waals surface area contributed by atoms with Gasteiger partial charge in [-0.25, -0.2) is 9.97 Å². The second-order valence-electron chi connectivity index (χ2n) is 7.10. The third-order valence-electron chi connectivity index (χ3n) is 4.93. The van der Waals surface area contributed by atoms with Crippen LogP contribution in [0.1, 0.15) is 16.1 Å². The summed E-state index contributed by atoms with van der Waals surface area (Å²) in [7, 11) is 1.84. The largest absolute Gasteiger partial charge is 0.335 e. The molecule has 0 aliphatic carbocycles. The summed E-state index contributed by atoms with van der Waals surface area (Å²) in [5, 5.41) is 12.0. The monoisotopic (exact) mass is 410 g/mol. The molecule has 0 aliphatic heterocycles. The number of fused-ring (bicyclic) bond motifs is 1. The van der Waals surface area contributed by atoms with Gasteiger partial charge >= 0.3 is 0 Å². The fraction of sp³-hybridized carbons (Fsp3) is 0.0870. The Hall–Kier alpha value is -4.33. The molecule has 31 heavy (non-hydrogen) atoms. The van der Waals surface area contributed by atoms with Gasteiger partial charge in [-0.15, -0.1) is 0 Å². The second kappa shape index (κ2) is 7.49. The number of anilines is 1. The normalized spacial score (nSPS) is 11.0. The minimum Gasteiger partial charge on any atom is -0.335 e. The number of aryl methyl sites for hydroxylation is 2. The quantitative estimate of drug-likeness (QED) is 0.476. The van der Waals surface area contributed by atoms with E-state index in [1.165, 1.54) is 0 Å². The Morgan fingerprint density at radius 3 is 2.61 bits per heavy atom. The first-order valence-corrected chi connectivity index (χ1v) is 9.69. The van der Waals surface area contributed by atoms with E-state index in [9.17, 15) is 4.79 Å². The van der Waals surface area contributed by atoms with Crippen molar-refractivity contribution in [3.8, 4) is 22.5 Å². The van der Waals surface area contributed by atoms with E-state index < -0.39 is 0 Å². The summed E-state index contributed by atoms with van der Waals surface area (Å²) in [6.45, 7) is 1.89. The summed E-state index contributed by atoms with van der Waals surface area (Å²) in [5.74, 6) is 0.128. The van der Waals surface area contributed by atoms with E-state index in [1.54, 1.807) is 29.1 Å². The highest BCUT2D eigenvalue weighted by Gasteiger charge is 2.23. The van der Waals surface area contributed by atoms with E-state index in [0.29, 0.717) is 28.2 Å². The molecule has 0 fully saturated rings. The summed E-state index contributed by atoms with van der Waals surface area (Å²) in [6, 6.07) is 16.6. The number of hydrogen-bond donors (Lipinski definition) is 1. The molecule has 1 aromatic carbocycles. The minimum atomic E-state index is -0.325. The zero-order chi connectivity index (χ0) is 21.4. The van der Waals surface area contributed by atoms with Crippen molar-refractivity contribution in [3.63, 3.8) is 0 Å². The Balaban J connectivity index is 1.71. The van der Waals surface area contributed by atoms with Crippen LogP contribution in [0, 0.1) is 6.92 Å². The van der Waals surface area contributed by atoms with E-state index in [1.807, 2.05) is 56.6 Å². The van der Waals surface area contributed by atoms with Crippen molar-refractivity contribution in [3.05, 3.63) is 78.2 Å². The van der Waals surface area contributed by atoms with E-state index in [4.69, 9.17) is 4.52 Å². The number of rotatable bonds is 4. The molecule has 0 spiro atoms. The van der Waals surface area contributed by atoms with E-state index >= 15 is 0 Å². The zero-order valence-corrected chi connectivity index (χ0v) is 16.9. The Labute approximate surface area is 177 Å². The molecule has 1 N–H and O–H groups in total. The van der Waals surface area contributed by atoms with Crippen molar-refractivity contribution in [2.24, 2.45) is 7.05 Å². The Bertz CT molecular complexity index is 1390. The first kappa shape index (κ1) is 18.7. The number of benzene rings is 1. The molecule has 1 amide bonds. The number of carbonyl (C=O) groups excluding carboxylic acids is 1. The lowest BCUT2D eigenvalue weighted by Crippen LogP contribution is -2.14. The number of nitrogens with zero attached hydrogens (tertiary/aromatic N) is 5. The molecular weight excluding hydrogens is 392 g/mol. The van der Waals surface area contributed by atoms with Crippen LogP contribution in [0.2, 0.25) is 0 Å². The third-order valence-corrected chi connectivity index (χ3v) is 4.93. The van der Waals surface area contributed by atoms with Crippen molar-refractivity contribution in [2.45, 2.75) is 6.92 Å². The number of nitrogens with one attached hydrogen (secondary N) is 1. The van der Waals surface area contributed by atoms with Gasteiger partial charge in [0.15, 0.2) is 0 Å². The van der Waals surface area contributed by atoms with Gasteiger partial charge in [0.05, 0.1) is 22.3 Å². The Morgan fingerprint density at radius 1 is 1.10 bits per heavy atom. The van der Waals surface area contributed by atoms with Gasteiger partial charge in [0.2, 0.25) is 0 Å².